The first-order valence-corrected chi connectivity index (χ1v) is 14.4. The van der Waals surface area contributed by atoms with E-state index in [4.69, 9.17) is 0 Å². The van der Waals surface area contributed by atoms with Crippen LogP contribution in [0, 0.1) is 0 Å². The number of benzene rings is 8. The van der Waals surface area contributed by atoms with Gasteiger partial charge in [-0.15, -0.1) is 0 Å². The van der Waals surface area contributed by atoms with E-state index in [2.05, 4.69) is 146 Å². The maximum absolute atomic E-state index is 2.43. The molecule has 9 rings (SSSR count). The van der Waals surface area contributed by atoms with Crippen LogP contribution < -0.4 is 0 Å². The van der Waals surface area contributed by atoms with Crippen LogP contribution >= 0.6 is 0 Å². The van der Waals surface area contributed by atoms with Crippen LogP contribution in [-0.4, -0.2) is 0 Å². The summed E-state index contributed by atoms with van der Waals surface area (Å²) in [6.07, 6.45) is 1.01. The molecule has 0 heteroatoms. The number of rotatable bonds is 2. The quantitative estimate of drug-likeness (QED) is 0.200. The topological polar surface area (TPSA) is 0 Å². The van der Waals surface area contributed by atoms with Crippen LogP contribution in [0.5, 0.6) is 0 Å². The van der Waals surface area contributed by atoms with Crippen molar-refractivity contribution in [3.8, 4) is 33.4 Å². The highest BCUT2D eigenvalue weighted by atomic mass is 14.3. The van der Waals surface area contributed by atoms with E-state index in [9.17, 15) is 0 Å². The fraction of sp³-hybridized carbons (Fsp3) is 0.0244. The smallest absolute Gasteiger partial charge is 0.000728 e. The van der Waals surface area contributed by atoms with E-state index >= 15 is 0 Å². The Morgan fingerprint density at radius 1 is 0.293 bits per heavy atom. The first-order chi connectivity index (χ1) is 20.3. The van der Waals surface area contributed by atoms with Crippen LogP contribution in [0.3, 0.4) is 0 Å². The fourth-order valence-corrected chi connectivity index (χ4v) is 7.19. The second-order valence-corrected chi connectivity index (χ2v) is 11.3. The Morgan fingerprint density at radius 3 is 1.61 bits per heavy atom. The average Bonchev–Trinajstić information content (AvgIpc) is 3.43. The van der Waals surface area contributed by atoms with E-state index < -0.39 is 0 Å². The standard InChI is InChI=1S/C41H26/c1-2-13-30-29(10-1)24-40-36-19-8-6-17-34(36)38(25-41(30)40)28-12-9-11-26(22-28)27-20-21-37-33-16-4-3-14-31(33)32-15-5-7-18-35(32)39(37)23-27/h1-23,25H,24H2. The molecule has 0 unspecified atom stereocenters. The molecule has 0 aliphatic heterocycles. The maximum Gasteiger partial charge on any atom is -0.000728 e. The Hall–Kier alpha value is -5.20. The molecule has 0 fully saturated rings. The molecular weight excluding hydrogens is 492 g/mol. The van der Waals surface area contributed by atoms with Crippen molar-refractivity contribution in [1.82, 2.24) is 0 Å². The third kappa shape index (κ3) is 3.34. The first-order valence-electron chi connectivity index (χ1n) is 14.4. The molecule has 190 valence electrons. The number of hydrogen-bond acceptors (Lipinski definition) is 0. The molecule has 1 aliphatic carbocycles. The van der Waals surface area contributed by atoms with E-state index in [1.165, 1.54) is 87.6 Å². The van der Waals surface area contributed by atoms with Gasteiger partial charge in [0.2, 0.25) is 0 Å². The predicted octanol–water partition coefficient (Wildman–Crippen LogP) is 11.2. The van der Waals surface area contributed by atoms with Gasteiger partial charge in [-0.3, -0.25) is 0 Å². The molecule has 0 saturated heterocycles. The van der Waals surface area contributed by atoms with Crippen molar-refractivity contribution in [3.63, 3.8) is 0 Å². The molecular formula is C41H26. The first kappa shape index (κ1) is 22.6. The zero-order valence-corrected chi connectivity index (χ0v) is 22.6. The summed E-state index contributed by atoms with van der Waals surface area (Å²) in [4.78, 5) is 0. The Kier molecular flexibility index (Phi) is 4.77. The normalized spacial score (nSPS) is 12.3. The van der Waals surface area contributed by atoms with Gasteiger partial charge in [0.05, 0.1) is 0 Å². The van der Waals surface area contributed by atoms with E-state index in [0.717, 1.165) is 6.42 Å². The minimum absolute atomic E-state index is 1.01. The van der Waals surface area contributed by atoms with Crippen molar-refractivity contribution in [1.29, 1.82) is 0 Å². The van der Waals surface area contributed by atoms with Crippen molar-refractivity contribution >= 4 is 43.1 Å². The molecule has 0 nitrogen and oxygen atoms in total. The third-order valence-corrected chi connectivity index (χ3v) is 9.08. The molecule has 0 atom stereocenters. The SMILES string of the molecule is c1cc(-c2ccc3c4ccccc4c4ccccc4c3c2)cc(-c2cc3c(c4ccccc24)Cc2ccccc2-3)c1. The summed E-state index contributed by atoms with van der Waals surface area (Å²) >= 11 is 0. The van der Waals surface area contributed by atoms with Crippen molar-refractivity contribution in [2.75, 3.05) is 0 Å². The van der Waals surface area contributed by atoms with Gasteiger partial charge in [0.1, 0.15) is 0 Å². The Labute approximate surface area is 239 Å². The summed E-state index contributed by atoms with van der Waals surface area (Å²) in [5, 5.41) is 10.6. The van der Waals surface area contributed by atoms with Crippen LogP contribution in [0.25, 0.3) is 76.5 Å². The van der Waals surface area contributed by atoms with Gasteiger partial charge in [-0.25, -0.2) is 0 Å². The Bertz CT molecular complexity index is 2300. The molecule has 0 bridgehead atoms. The van der Waals surface area contributed by atoms with Crippen molar-refractivity contribution in [2.24, 2.45) is 0 Å². The predicted molar refractivity (Wildman–Crippen MR) is 176 cm³/mol. The van der Waals surface area contributed by atoms with Gasteiger partial charge >= 0.3 is 0 Å². The van der Waals surface area contributed by atoms with Crippen molar-refractivity contribution in [2.45, 2.75) is 6.42 Å². The molecule has 0 heterocycles. The molecule has 8 aromatic rings. The fourth-order valence-electron chi connectivity index (χ4n) is 7.19. The van der Waals surface area contributed by atoms with Crippen LogP contribution in [-0.2, 0) is 6.42 Å². The lowest BCUT2D eigenvalue weighted by atomic mass is 9.89. The van der Waals surface area contributed by atoms with Gasteiger partial charge in [-0.1, -0.05) is 127 Å². The lowest BCUT2D eigenvalue weighted by Crippen LogP contribution is -1.89. The van der Waals surface area contributed by atoms with E-state index in [1.54, 1.807) is 0 Å². The van der Waals surface area contributed by atoms with E-state index in [1.807, 2.05) is 0 Å². The molecule has 0 spiro atoms. The molecule has 0 saturated carbocycles. The second kappa shape index (κ2) is 8.65. The summed E-state index contributed by atoms with van der Waals surface area (Å²) in [5.74, 6) is 0. The van der Waals surface area contributed by atoms with Gasteiger partial charge in [0, 0.05) is 0 Å². The molecule has 0 N–H and O–H groups in total. The minimum atomic E-state index is 1.01. The average molecular weight is 519 g/mol. The summed E-state index contributed by atoms with van der Waals surface area (Å²) in [6, 6.07) is 53.9. The molecule has 8 aromatic carbocycles. The Balaban J connectivity index is 1.26. The van der Waals surface area contributed by atoms with E-state index in [0.29, 0.717) is 0 Å². The lowest BCUT2D eigenvalue weighted by molar-refractivity contribution is 1.28. The largest absolute Gasteiger partial charge is 0.0619 e. The molecule has 0 radical (unpaired) electrons. The van der Waals surface area contributed by atoms with Crippen molar-refractivity contribution < 1.29 is 0 Å². The molecule has 1 aliphatic rings. The summed E-state index contributed by atoms with van der Waals surface area (Å²) in [7, 11) is 0. The van der Waals surface area contributed by atoms with Crippen LogP contribution in [0.4, 0.5) is 0 Å². The van der Waals surface area contributed by atoms with Crippen LogP contribution in [0.1, 0.15) is 11.1 Å². The summed E-state index contributed by atoms with van der Waals surface area (Å²) in [6.45, 7) is 0. The maximum atomic E-state index is 2.43. The third-order valence-electron chi connectivity index (χ3n) is 9.08. The second-order valence-electron chi connectivity index (χ2n) is 11.3. The summed E-state index contributed by atoms with van der Waals surface area (Å²) in [5.41, 5.74) is 10.7. The molecule has 41 heavy (non-hydrogen) atoms. The van der Waals surface area contributed by atoms with Gasteiger partial charge in [0.15, 0.2) is 0 Å². The van der Waals surface area contributed by atoms with Gasteiger partial charge in [-0.05, 0) is 112 Å². The van der Waals surface area contributed by atoms with E-state index in [-0.39, 0.29) is 0 Å². The monoisotopic (exact) mass is 518 g/mol. The van der Waals surface area contributed by atoms with Gasteiger partial charge in [0.25, 0.3) is 0 Å². The molecule has 0 amide bonds. The van der Waals surface area contributed by atoms with Crippen LogP contribution in [0.2, 0.25) is 0 Å². The van der Waals surface area contributed by atoms with Crippen molar-refractivity contribution in [3.05, 3.63) is 157 Å². The zero-order valence-electron chi connectivity index (χ0n) is 22.6. The Morgan fingerprint density at radius 2 is 0.854 bits per heavy atom. The summed E-state index contributed by atoms with van der Waals surface area (Å²) < 4.78 is 0. The highest BCUT2D eigenvalue weighted by Crippen LogP contribution is 2.45. The number of hydrogen-bond donors (Lipinski definition) is 0. The number of fused-ring (bicyclic) bond motifs is 11. The lowest BCUT2D eigenvalue weighted by Gasteiger charge is -2.15. The van der Waals surface area contributed by atoms with Gasteiger partial charge < -0.3 is 0 Å². The zero-order chi connectivity index (χ0) is 26.9. The highest BCUT2D eigenvalue weighted by Gasteiger charge is 2.22. The van der Waals surface area contributed by atoms with Crippen LogP contribution in [0.15, 0.2) is 146 Å². The van der Waals surface area contributed by atoms with Gasteiger partial charge in [-0.2, -0.15) is 0 Å². The highest BCUT2D eigenvalue weighted by molar-refractivity contribution is 6.25. The minimum Gasteiger partial charge on any atom is -0.0619 e. The molecule has 0 aromatic heterocycles.